The van der Waals surface area contributed by atoms with Gasteiger partial charge < -0.3 is 15.5 Å². The molecule has 0 aromatic rings. The second-order valence-electron chi connectivity index (χ2n) is 5.03. The van der Waals surface area contributed by atoms with E-state index >= 15 is 0 Å². The fourth-order valence-corrected chi connectivity index (χ4v) is 2.77. The number of amides is 2. The zero-order chi connectivity index (χ0) is 12.4. The van der Waals surface area contributed by atoms with Gasteiger partial charge in [0.2, 0.25) is 11.8 Å². The van der Waals surface area contributed by atoms with Gasteiger partial charge in [0.25, 0.3) is 0 Å². The van der Waals surface area contributed by atoms with E-state index in [0.29, 0.717) is 26.2 Å². The van der Waals surface area contributed by atoms with Crippen molar-refractivity contribution in [1.29, 1.82) is 0 Å². The highest BCUT2D eigenvalue weighted by Gasteiger charge is 2.34. The quantitative estimate of drug-likeness (QED) is 0.689. The number of carbonyl (C=O) groups is 2. The number of nitrogens with two attached hydrogens (primary N) is 1. The third kappa shape index (κ3) is 2.60. The van der Waals surface area contributed by atoms with E-state index in [4.69, 9.17) is 5.73 Å². The monoisotopic (exact) mass is 239 g/mol. The largest absolute Gasteiger partial charge is 0.339 e. The highest BCUT2D eigenvalue weighted by atomic mass is 16.2. The Labute approximate surface area is 102 Å². The van der Waals surface area contributed by atoms with E-state index in [1.807, 2.05) is 4.90 Å². The average Bonchev–Trinajstić information content (AvgIpc) is 2.74. The van der Waals surface area contributed by atoms with Gasteiger partial charge in [-0.05, 0) is 12.8 Å². The van der Waals surface area contributed by atoms with Gasteiger partial charge in [-0.2, -0.15) is 0 Å². The summed E-state index contributed by atoms with van der Waals surface area (Å²) in [4.78, 5) is 27.1. The predicted octanol–water partition coefficient (Wildman–Crippen LogP) is -0.195. The Morgan fingerprint density at radius 1 is 1.06 bits per heavy atom. The first-order valence-electron chi connectivity index (χ1n) is 6.39. The summed E-state index contributed by atoms with van der Waals surface area (Å²) in [5.74, 6) is 0.298. The van der Waals surface area contributed by atoms with Crippen LogP contribution < -0.4 is 5.73 Å². The Morgan fingerprint density at radius 2 is 1.65 bits per heavy atom. The summed E-state index contributed by atoms with van der Waals surface area (Å²) in [6.45, 7) is 4.19. The van der Waals surface area contributed by atoms with Gasteiger partial charge in [-0.15, -0.1) is 0 Å². The maximum Gasteiger partial charge on any atom is 0.227 e. The van der Waals surface area contributed by atoms with Crippen LogP contribution in [-0.4, -0.2) is 53.8 Å². The molecule has 2 rings (SSSR count). The van der Waals surface area contributed by atoms with Crippen LogP contribution in [0.15, 0.2) is 0 Å². The second-order valence-corrected chi connectivity index (χ2v) is 5.03. The van der Waals surface area contributed by atoms with Crippen molar-refractivity contribution in [2.75, 3.05) is 26.2 Å². The van der Waals surface area contributed by atoms with Gasteiger partial charge in [-0.3, -0.25) is 9.59 Å². The highest BCUT2D eigenvalue weighted by molar-refractivity contribution is 5.80. The maximum atomic E-state index is 12.2. The van der Waals surface area contributed by atoms with E-state index in [-0.39, 0.29) is 23.8 Å². The van der Waals surface area contributed by atoms with Crippen LogP contribution >= 0.6 is 0 Å². The first kappa shape index (κ1) is 12.4. The van der Waals surface area contributed by atoms with Crippen LogP contribution in [0.2, 0.25) is 0 Å². The van der Waals surface area contributed by atoms with Gasteiger partial charge in [-0.1, -0.05) is 6.42 Å². The van der Waals surface area contributed by atoms with Crippen LogP contribution in [0.4, 0.5) is 0 Å². The summed E-state index contributed by atoms with van der Waals surface area (Å²) in [5, 5.41) is 0. The molecule has 17 heavy (non-hydrogen) atoms. The predicted molar refractivity (Wildman–Crippen MR) is 64.2 cm³/mol. The minimum atomic E-state index is 0.0129. The topological polar surface area (TPSA) is 66.6 Å². The molecule has 2 amide bonds. The Hall–Kier alpha value is -1.10. The van der Waals surface area contributed by atoms with Crippen molar-refractivity contribution in [2.24, 2.45) is 11.7 Å². The summed E-state index contributed by atoms with van der Waals surface area (Å²) in [6.07, 6.45) is 2.95. The van der Waals surface area contributed by atoms with Gasteiger partial charge in [0.15, 0.2) is 0 Å². The lowest BCUT2D eigenvalue weighted by molar-refractivity contribution is -0.141. The molecule has 2 aliphatic rings. The molecule has 2 atom stereocenters. The van der Waals surface area contributed by atoms with Crippen LogP contribution in [0.1, 0.15) is 26.2 Å². The molecule has 2 fully saturated rings. The minimum Gasteiger partial charge on any atom is -0.339 e. The number of carbonyl (C=O) groups excluding carboxylic acids is 2. The molecule has 0 spiro atoms. The van der Waals surface area contributed by atoms with Gasteiger partial charge in [0, 0.05) is 39.1 Å². The molecule has 0 aromatic carbocycles. The minimum absolute atomic E-state index is 0.0129. The molecule has 5 heteroatoms. The van der Waals surface area contributed by atoms with Crippen LogP contribution in [0.25, 0.3) is 0 Å². The fourth-order valence-electron chi connectivity index (χ4n) is 2.77. The van der Waals surface area contributed by atoms with E-state index in [1.165, 1.54) is 0 Å². The number of hydrogen-bond acceptors (Lipinski definition) is 3. The van der Waals surface area contributed by atoms with Crippen molar-refractivity contribution in [3.8, 4) is 0 Å². The maximum absolute atomic E-state index is 12.2. The van der Waals surface area contributed by atoms with Gasteiger partial charge in [0.05, 0.1) is 5.92 Å². The van der Waals surface area contributed by atoms with E-state index in [0.717, 1.165) is 19.3 Å². The molecule has 1 aliphatic carbocycles. The second kappa shape index (κ2) is 5.04. The molecule has 0 bridgehead atoms. The SMILES string of the molecule is CC(=O)N1CCN(C(=O)[C@H]2CCC[C@@H]2N)CC1. The van der Waals surface area contributed by atoms with E-state index in [1.54, 1.807) is 11.8 Å². The molecule has 96 valence electrons. The van der Waals surface area contributed by atoms with Crippen LogP contribution in [0, 0.1) is 5.92 Å². The van der Waals surface area contributed by atoms with Crippen molar-refractivity contribution < 1.29 is 9.59 Å². The van der Waals surface area contributed by atoms with Crippen molar-refractivity contribution in [1.82, 2.24) is 9.80 Å². The van der Waals surface area contributed by atoms with Crippen molar-refractivity contribution in [3.05, 3.63) is 0 Å². The van der Waals surface area contributed by atoms with Crippen LogP contribution in [-0.2, 0) is 9.59 Å². The molecular weight excluding hydrogens is 218 g/mol. The van der Waals surface area contributed by atoms with Crippen molar-refractivity contribution in [2.45, 2.75) is 32.2 Å². The lowest BCUT2D eigenvalue weighted by Crippen LogP contribution is -2.52. The Kier molecular flexibility index (Phi) is 3.66. The smallest absolute Gasteiger partial charge is 0.227 e. The molecular formula is C12H21N3O2. The summed E-state index contributed by atoms with van der Waals surface area (Å²) in [7, 11) is 0. The zero-order valence-corrected chi connectivity index (χ0v) is 10.4. The average molecular weight is 239 g/mol. The first-order chi connectivity index (χ1) is 8.09. The standard InChI is InChI=1S/C12H21N3O2/c1-9(16)14-5-7-15(8-6-14)12(17)10-3-2-4-11(10)13/h10-11H,2-8,13H2,1H3/t10-,11-/m0/s1. The third-order valence-electron chi connectivity index (χ3n) is 3.92. The lowest BCUT2D eigenvalue weighted by atomic mass is 10.0. The number of nitrogens with zero attached hydrogens (tertiary/aromatic N) is 2. The van der Waals surface area contributed by atoms with Crippen LogP contribution in [0.5, 0.6) is 0 Å². The van der Waals surface area contributed by atoms with E-state index in [2.05, 4.69) is 0 Å². The highest BCUT2D eigenvalue weighted by Crippen LogP contribution is 2.26. The normalized spacial score (nSPS) is 29.5. The number of rotatable bonds is 1. The van der Waals surface area contributed by atoms with Crippen molar-refractivity contribution in [3.63, 3.8) is 0 Å². The summed E-state index contributed by atoms with van der Waals surface area (Å²) >= 11 is 0. The summed E-state index contributed by atoms with van der Waals surface area (Å²) in [6, 6.07) is 0.0355. The summed E-state index contributed by atoms with van der Waals surface area (Å²) < 4.78 is 0. The molecule has 5 nitrogen and oxygen atoms in total. The molecule has 0 radical (unpaired) electrons. The molecule has 1 heterocycles. The lowest BCUT2D eigenvalue weighted by Gasteiger charge is -2.36. The van der Waals surface area contributed by atoms with E-state index < -0.39 is 0 Å². The van der Waals surface area contributed by atoms with Gasteiger partial charge >= 0.3 is 0 Å². The Balaban J connectivity index is 1.88. The van der Waals surface area contributed by atoms with Gasteiger partial charge in [0.1, 0.15) is 0 Å². The third-order valence-corrected chi connectivity index (χ3v) is 3.92. The van der Waals surface area contributed by atoms with Crippen molar-refractivity contribution >= 4 is 11.8 Å². The summed E-state index contributed by atoms with van der Waals surface area (Å²) in [5.41, 5.74) is 5.95. The molecule has 2 N–H and O–H groups in total. The van der Waals surface area contributed by atoms with E-state index in [9.17, 15) is 9.59 Å². The molecule has 0 unspecified atom stereocenters. The Bertz CT molecular complexity index is 311. The fraction of sp³-hybridized carbons (Fsp3) is 0.833. The molecule has 0 aromatic heterocycles. The molecule has 1 saturated carbocycles. The van der Waals surface area contributed by atoms with Crippen LogP contribution in [0.3, 0.4) is 0 Å². The first-order valence-corrected chi connectivity index (χ1v) is 6.39. The number of piperazine rings is 1. The van der Waals surface area contributed by atoms with Gasteiger partial charge in [-0.25, -0.2) is 0 Å². The molecule has 1 aliphatic heterocycles. The molecule has 1 saturated heterocycles. The Morgan fingerprint density at radius 3 is 2.12 bits per heavy atom. The number of hydrogen-bond donors (Lipinski definition) is 1. The zero-order valence-electron chi connectivity index (χ0n) is 10.4.